The third-order valence-electron chi connectivity index (χ3n) is 4.13. The molecule has 2 rings (SSSR count). The molecule has 1 aromatic rings. The average molecular weight is 384 g/mol. The van der Waals surface area contributed by atoms with E-state index in [2.05, 4.69) is 5.32 Å². The molecule has 0 aromatic heterocycles. The maximum Gasteiger partial charge on any atom is 0.269 e. The van der Waals surface area contributed by atoms with Gasteiger partial charge < -0.3 is 11.1 Å². The Balaban J connectivity index is 2.24. The fourth-order valence-electron chi connectivity index (χ4n) is 2.76. The van der Waals surface area contributed by atoms with Gasteiger partial charge in [-0.15, -0.1) is 0 Å². The third-order valence-corrected chi connectivity index (χ3v) is 6.05. The highest BCUT2D eigenvalue weighted by Crippen LogP contribution is 2.26. The van der Waals surface area contributed by atoms with Crippen molar-refractivity contribution in [1.29, 1.82) is 0 Å². The highest BCUT2D eigenvalue weighted by Gasteiger charge is 2.37. The third kappa shape index (κ3) is 4.77. The Bertz CT molecular complexity index is 771. The van der Waals surface area contributed by atoms with Gasteiger partial charge in [0.25, 0.3) is 5.69 Å². The molecule has 1 heterocycles. The zero-order chi connectivity index (χ0) is 19.5. The molecule has 1 aromatic carbocycles. The van der Waals surface area contributed by atoms with Crippen molar-refractivity contribution in [3.63, 3.8) is 0 Å². The van der Waals surface area contributed by atoms with Gasteiger partial charge in [0, 0.05) is 30.8 Å². The molecule has 9 nitrogen and oxygen atoms in total. The molecular weight excluding hydrogens is 360 g/mol. The van der Waals surface area contributed by atoms with Gasteiger partial charge in [0.2, 0.25) is 15.9 Å². The number of benzene rings is 1. The molecular formula is C16H24N4O5S. The van der Waals surface area contributed by atoms with Gasteiger partial charge in [-0.1, -0.05) is 6.42 Å². The zero-order valence-electron chi connectivity index (χ0n) is 14.8. The van der Waals surface area contributed by atoms with Crippen LogP contribution in [0.4, 0.5) is 5.69 Å². The molecule has 144 valence electrons. The Morgan fingerprint density at radius 1 is 1.35 bits per heavy atom. The lowest BCUT2D eigenvalue weighted by atomic mass is 10.0. The lowest BCUT2D eigenvalue weighted by Crippen LogP contribution is -2.54. The number of piperidine rings is 1. The number of hydrogen-bond donors (Lipinski definition) is 2. The number of nitrogens with zero attached hydrogens (tertiary/aromatic N) is 2. The van der Waals surface area contributed by atoms with Crippen LogP contribution in [0, 0.1) is 10.1 Å². The van der Waals surface area contributed by atoms with Crippen molar-refractivity contribution in [3.05, 3.63) is 34.4 Å². The van der Waals surface area contributed by atoms with Crippen LogP contribution < -0.4 is 11.1 Å². The summed E-state index contributed by atoms with van der Waals surface area (Å²) in [4.78, 5) is 22.6. The largest absolute Gasteiger partial charge is 0.353 e. The van der Waals surface area contributed by atoms with Crippen LogP contribution in [0.1, 0.15) is 33.1 Å². The van der Waals surface area contributed by atoms with Crippen molar-refractivity contribution >= 4 is 21.6 Å². The number of nitro benzene ring substituents is 1. The zero-order valence-corrected chi connectivity index (χ0v) is 15.7. The Labute approximate surface area is 152 Å². The number of hydrogen-bond acceptors (Lipinski definition) is 6. The summed E-state index contributed by atoms with van der Waals surface area (Å²) < 4.78 is 27.0. The van der Waals surface area contributed by atoms with E-state index in [0.29, 0.717) is 12.8 Å². The fourth-order valence-corrected chi connectivity index (χ4v) is 4.42. The number of rotatable bonds is 6. The number of nitro groups is 1. The summed E-state index contributed by atoms with van der Waals surface area (Å²) in [5, 5.41) is 13.5. The SMILES string of the molecule is CC(C)(N)CNC(=O)C1CCCCN1S(=O)(=O)c1ccc([N+](=O)[O-])cc1. The van der Waals surface area contributed by atoms with Crippen molar-refractivity contribution < 1.29 is 18.1 Å². The van der Waals surface area contributed by atoms with Crippen LogP contribution in [0.5, 0.6) is 0 Å². The van der Waals surface area contributed by atoms with Crippen molar-refractivity contribution in [1.82, 2.24) is 9.62 Å². The van der Waals surface area contributed by atoms with E-state index in [9.17, 15) is 23.3 Å². The van der Waals surface area contributed by atoms with Gasteiger partial charge in [-0.25, -0.2) is 8.42 Å². The second-order valence-electron chi connectivity index (χ2n) is 7.08. The van der Waals surface area contributed by atoms with E-state index in [4.69, 9.17) is 5.73 Å². The number of nitrogens with one attached hydrogen (secondary N) is 1. The normalized spacial score (nSPS) is 19.1. The first-order valence-corrected chi connectivity index (χ1v) is 9.79. The second kappa shape index (κ2) is 7.68. The summed E-state index contributed by atoms with van der Waals surface area (Å²) in [6, 6.07) is 3.86. The monoisotopic (exact) mass is 384 g/mol. The van der Waals surface area contributed by atoms with E-state index >= 15 is 0 Å². The Morgan fingerprint density at radius 3 is 2.50 bits per heavy atom. The van der Waals surface area contributed by atoms with Gasteiger partial charge >= 0.3 is 0 Å². The molecule has 1 saturated heterocycles. The lowest BCUT2D eigenvalue weighted by Gasteiger charge is -2.34. The van der Waals surface area contributed by atoms with Crippen LogP contribution in [0.25, 0.3) is 0 Å². The number of nitrogens with two attached hydrogens (primary N) is 1. The van der Waals surface area contributed by atoms with E-state index in [1.807, 2.05) is 0 Å². The number of amides is 1. The van der Waals surface area contributed by atoms with E-state index in [-0.39, 0.29) is 29.6 Å². The smallest absolute Gasteiger partial charge is 0.269 e. The number of carbonyl (C=O) groups is 1. The second-order valence-corrected chi connectivity index (χ2v) is 8.98. The summed E-state index contributed by atoms with van der Waals surface area (Å²) >= 11 is 0. The van der Waals surface area contributed by atoms with Crippen LogP contribution in [0.3, 0.4) is 0 Å². The maximum absolute atomic E-state index is 12.9. The van der Waals surface area contributed by atoms with Crippen LogP contribution in [0.15, 0.2) is 29.2 Å². The number of sulfonamides is 1. The first-order valence-electron chi connectivity index (χ1n) is 8.35. The van der Waals surface area contributed by atoms with Crippen LogP contribution in [-0.2, 0) is 14.8 Å². The average Bonchev–Trinajstić information content (AvgIpc) is 2.59. The molecule has 0 bridgehead atoms. The molecule has 1 aliphatic rings. The summed E-state index contributed by atoms with van der Waals surface area (Å²) in [7, 11) is -3.93. The number of non-ortho nitro benzene ring substituents is 1. The Morgan fingerprint density at radius 2 is 1.96 bits per heavy atom. The van der Waals surface area contributed by atoms with E-state index in [1.165, 1.54) is 16.4 Å². The predicted octanol–water partition coefficient (Wildman–Crippen LogP) is 0.992. The summed E-state index contributed by atoms with van der Waals surface area (Å²) in [6.45, 7) is 3.98. The van der Waals surface area contributed by atoms with Gasteiger partial charge in [-0.3, -0.25) is 14.9 Å². The van der Waals surface area contributed by atoms with Gasteiger partial charge in [-0.05, 0) is 38.8 Å². The molecule has 10 heteroatoms. The highest BCUT2D eigenvalue weighted by molar-refractivity contribution is 7.89. The van der Waals surface area contributed by atoms with E-state index in [0.717, 1.165) is 18.6 Å². The highest BCUT2D eigenvalue weighted by atomic mass is 32.2. The van der Waals surface area contributed by atoms with Gasteiger partial charge in [-0.2, -0.15) is 4.31 Å². The van der Waals surface area contributed by atoms with Crippen molar-refractivity contribution in [3.8, 4) is 0 Å². The van der Waals surface area contributed by atoms with Gasteiger partial charge in [0.05, 0.1) is 9.82 Å². The van der Waals surface area contributed by atoms with E-state index < -0.39 is 26.5 Å². The summed E-state index contributed by atoms with van der Waals surface area (Å²) in [6.07, 6.45) is 1.82. The maximum atomic E-state index is 12.9. The van der Waals surface area contributed by atoms with Crippen LogP contribution in [0.2, 0.25) is 0 Å². The summed E-state index contributed by atoms with van der Waals surface area (Å²) in [5.41, 5.74) is 5.06. The molecule has 1 fully saturated rings. The van der Waals surface area contributed by atoms with Gasteiger partial charge in [0.15, 0.2) is 0 Å². The van der Waals surface area contributed by atoms with Crippen LogP contribution in [-0.4, -0.2) is 48.2 Å². The Hall–Kier alpha value is -2.04. The van der Waals surface area contributed by atoms with Crippen molar-refractivity contribution in [2.45, 2.75) is 49.6 Å². The molecule has 1 amide bonds. The van der Waals surface area contributed by atoms with Crippen molar-refractivity contribution in [2.75, 3.05) is 13.1 Å². The van der Waals surface area contributed by atoms with Crippen molar-refractivity contribution in [2.24, 2.45) is 5.73 Å². The quantitative estimate of drug-likeness (QED) is 0.554. The lowest BCUT2D eigenvalue weighted by molar-refractivity contribution is -0.384. The van der Waals surface area contributed by atoms with E-state index in [1.54, 1.807) is 13.8 Å². The molecule has 1 aliphatic heterocycles. The topological polar surface area (TPSA) is 136 Å². The molecule has 0 saturated carbocycles. The summed E-state index contributed by atoms with van der Waals surface area (Å²) in [5.74, 6) is -0.381. The number of carbonyl (C=O) groups excluding carboxylic acids is 1. The molecule has 0 aliphatic carbocycles. The molecule has 3 N–H and O–H groups in total. The minimum absolute atomic E-state index is 0.0676. The van der Waals surface area contributed by atoms with Gasteiger partial charge in [0.1, 0.15) is 6.04 Å². The molecule has 1 unspecified atom stereocenters. The Kier molecular flexibility index (Phi) is 5.99. The predicted molar refractivity (Wildman–Crippen MR) is 95.9 cm³/mol. The fraction of sp³-hybridized carbons (Fsp3) is 0.562. The molecule has 1 atom stereocenters. The minimum Gasteiger partial charge on any atom is -0.353 e. The first kappa shape index (κ1) is 20.3. The minimum atomic E-state index is -3.93. The molecule has 0 spiro atoms. The van der Waals surface area contributed by atoms with Crippen LogP contribution >= 0.6 is 0 Å². The molecule has 26 heavy (non-hydrogen) atoms. The standard InChI is InChI=1S/C16H24N4O5S/c1-16(2,17)11-18-15(21)14-5-3-4-10-19(14)26(24,25)13-8-6-12(7-9-13)20(22)23/h6-9,14H,3-5,10-11,17H2,1-2H3,(H,18,21). The first-order chi connectivity index (χ1) is 12.0. The molecule has 0 radical (unpaired) electrons.